The van der Waals surface area contributed by atoms with E-state index in [4.69, 9.17) is 4.98 Å². The Morgan fingerprint density at radius 3 is 2.55 bits per heavy atom. The van der Waals surface area contributed by atoms with Crippen LogP contribution in [0.25, 0.3) is 21.7 Å². The molecule has 0 aliphatic heterocycles. The number of aromatic nitrogens is 3. The number of hydrogen-bond acceptors (Lipinski definition) is 7. The lowest BCUT2D eigenvalue weighted by molar-refractivity contribution is 0.0935. The summed E-state index contributed by atoms with van der Waals surface area (Å²) in [5, 5.41) is 9.30. The number of sulfonamides is 1. The summed E-state index contributed by atoms with van der Waals surface area (Å²) in [4.78, 5) is 27.0. The molecule has 3 heterocycles. The van der Waals surface area contributed by atoms with Crippen molar-refractivity contribution in [2.24, 2.45) is 5.92 Å². The Bertz CT molecular complexity index is 1990. The molecular weight excluding hydrogens is 572 g/mol. The van der Waals surface area contributed by atoms with Crippen molar-refractivity contribution in [3.63, 3.8) is 0 Å². The van der Waals surface area contributed by atoms with Crippen LogP contribution in [-0.4, -0.2) is 35.8 Å². The van der Waals surface area contributed by atoms with Crippen molar-refractivity contribution in [1.82, 2.24) is 25.0 Å². The summed E-state index contributed by atoms with van der Waals surface area (Å²) in [6.45, 7) is 4.27. The zero-order chi connectivity index (χ0) is 30.4. The first kappa shape index (κ1) is 28.4. The summed E-state index contributed by atoms with van der Waals surface area (Å²) in [5.74, 6) is 0.230. The Hall–Kier alpha value is -4.41. The molecule has 0 bridgehead atoms. The van der Waals surface area contributed by atoms with E-state index in [9.17, 15) is 13.2 Å². The normalized spacial score (nSPS) is 18.1. The standard InChI is InChI=1S/C34H34N6O3S/c1-20(2)17-38-44(42,43)32-15-25-30(40-34(41)22-6-5-12-35-18-22)16-31(39-28-11-13-36-27-8-4-3-7-23(27)28)33(25)26-19-37-29(14-24(26)32)21-9-10-21/h3-8,11-15,18-21,30-31,38H,9-10,16-17H2,1-2H3,(H,36,39)(H,40,41)/t30-,31-/m0/s1. The van der Waals surface area contributed by atoms with Crippen LogP contribution in [0.15, 0.2) is 84.3 Å². The smallest absolute Gasteiger partial charge is 0.253 e. The Morgan fingerprint density at radius 2 is 1.77 bits per heavy atom. The molecule has 9 nitrogen and oxygen atoms in total. The second kappa shape index (κ2) is 11.3. The van der Waals surface area contributed by atoms with Crippen molar-refractivity contribution in [2.75, 3.05) is 11.9 Å². The monoisotopic (exact) mass is 606 g/mol. The van der Waals surface area contributed by atoms with Gasteiger partial charge in [0.2, 0.25) is 10.0 Å². The number of nitrogens with one attached hydrogen (secondary N) is 3. The average Bonchev–Trinajstić information content (AvgIpc) is 3.83. The minimum atomic E-state index is -3.86. The van der Waals surface area contributed by atoms with E-state index in [1.165, 1.54) is 6.20 Å². The van der Waals surface area contributed by atoms with E-state index in [0.717, 1.165) is 51.6 Å². The van der Waals surface area contributed by atoms with E-state index in [2.05, 4.69) is 25.3 Å². The highest BCUT2D eigenvalue weighted by molar-refractivity contribution is 7.89. The van der Waals surface area contributed by atoms with E-state index in [-0.39, 0.29) is 22.8 Å². The summed E-state index contributed by atoms with van der Waals surface area (Å²) in [6.07, 6.45) is 9.38. The molecule has 0 radical (unpaired) electrons. The molecular formula is C34H34N6O3S. The van der Waals surface area contributed by atoms with Gasteiger partial charge >= 0.3 is 0 Å². The van der Waals surface area contributed by atoms with Crippen molar-refractivity contribution >= 4 is 43.3 Å². The summed E-state index contributed by atoms with van der Waals surface area (Å²) in [5.41, 5.74) is 4.84. The van der Waals surface area contributed by atoms with E-state index in [1.807, 2.05) is 56.4 Å². The lowest BCUT2D eigenvalue weighted by Gasteiger charge is -2.20. The molecule has 2 aliphatic carbocycles. The van der Waals surface area contributed by atoms with Crippen LogP contribution in [-0.2, 0) is 10.0 Å². The van der Waals surface area contributed by atoms with Gasteiger partial charge in [-0.1, -0.05) is 32.0 Å². The molecule has 5 aromatic rings. The topological polar surface area (TPSA) is 126 Å². The fourth-order valence-corrected chi connectivity index (χ4v) is 7.54. The Balaban J connectivity index is 1.39. The number of fused-ring (bicyclic) bond motifs is 4. The lowest BCUT2D eigenvalue weighted by atomic mass is 9.98. The zero-order valence-corrected chi connectivity index (χ0v) is 25.4. The molecule has 7 rings (SSSR count). The van der Waals surface area contributed by atoms with Crippen LogP contribution < -0.4 is 15.4 Å². The molecule has 1 fully saturated rings. The van der Waals surface area contributed by atoms with Crippen molar-refractivity contribution in [1.29, 1.82) is 0 Å². The van der Waals surface area contributed by atoms with Gasteiger partial charge in [0.15, 0.2) is 0 Å². The molecule has 10 heteroatoms. The molecule has 3 aromatic heterocycles. The van der Waals surface area contributed by atoms with Gasteiger partial charge in [-0.15, -0.1) is 0 Å². The second-order valence-corrected chi connectivity index (χ2v) is 13.9. The minimum Gasteiger partial charge on any atom is -0.378 e. The molecule has 2 atom stereocenters. The number of hydrogen-bond donors (Lipinski definition) is 3. The maximum absolute atomic E-state index is 13.9. The predicted molar refractivity (Wildman–Crippen MR) is 171 cm³/mol. The second-order valence-electron chi connectivity index (χ2n) is 12.1. The van der Waals surface area contributed by atoms with Gasteiger partial charge in [-0.25, -0.2) is 13.1 Å². The van der Waals surface area contributed by atoms with Crippen LogP contribution in [0.5, 0.6) is 0 Å². The molecule has 0 saturated heterocycles. The molecule has 1 saturated carbocycles. The molecule has 0 unspecified atom stereocenters. The van der Waals surface area contributed by atoms with E-state index in [0.29, 0.717) is 29.8 Å². The van der Waals surface area contributed by atoms with Gasteiger partial charge in [0.05, 0.1) is 28.1 Å². The van der Waals surface area contributed by atoms with Crippen LogP contribution in [0.4, 0.5) is 5.69 Å². The zero-order valence-electron chi connectivity index (χ0n) is 24.6. The third-order valence-electron chi connectivity index (χ3n) is 8.45. The number of para-hydroxylation sites is 1. The van der Waals surface area contributed by atoms with E-state index in [1.54, 1.807) is 30.6 Å². The highest BCUT2D eigenvalue weighted by atomic mass is 32.2. The number of amides is 1. The molecule has 1 amide bonds. The van der Waals surface area contributed by atoms with E-state index < -0.39 is 16.1 Å². The maximum atomic E-state index is 13.9. The van der Waals surface area contributed by atoms with Crippen molar-refractivity contribution in [2.45, 2.75) is 56.0 Å². The molecule has 0 spiro atoms. The van der Waals surface area contributed by atoms with Crippen molar-refractivity contribution in [3.05, 3.63) is 102 Å². The highest BCUT2D eigenvalue weighted by Gasteiger charge is 2.37. The number of carbonyl (C=O) groups excluding carboxylic acids is 1. The van der Waals surface area contributed by atoms with Crippen LogP contribution in [0, 0.1) is 5.92 Å². The third kappa shape index (κ3) is 5.39. The number of rotatable bonds is 9. The quantitative estimate of drug-likeness (QED) is 0.187. The summed E-state index contributed by atoms with van der Waals surface area (Å²) >= 11 is 0. The lowest BCUT2D eigenvalue weighted by Crippen LogP contribution is -2.29. The van der Waals surface area contributed by atoms with Gasteiger partial charge in [0.1, 0.15) is 0 Å². The fourth-order valence-electron chi connectivity index (χ4n) is 6.09. The summed E-state index contributed by atoms with van der Waals surface area (Å²) in [7, 11) is -3.86. The SMILES string of the molecule is CC(C)CNS(=O)(=O)c1cc2c(c3cnc(C4CC4)cc13)[C@@H](Nc1ccnc3ccccc13)C[C@@H]2NC(=O)c1cccnc1. The maximum Gasteiger partial charge on any atom is 0.253 e. The van der Waals surface area contributed by atoms with Crippen LogP contribution in [0.1, 0.15) is 78.3 Å². The summed E-state index contributed by atoms with van der Waals surface area (Å²) in [6, 6.07) is 16.4. The fraction of sp³-hybridized carbons (Fsp3) is 0.294. The first-order chi connectivity index (χ1) is 21.3. The number of pyridine rings is 3. The molecule has 3 N–H and O–H groups in total. The predicted octanol–water partition coefficient (Wildman–Crippen LogP) is 6.02. The first-order valence-electron chi connectivity index (χ1n) is 15.1. The van der Waals surface area contributed by atoms with Crippen LogP contribution in [0.3, 0.4) is 0 Å². The van der Waals surface area contributed by atoms with Crippen molar-refractivity contribution < 1.29 is 13.2 Å². The van der Waals surface area contributed by atoms with Gasteiger partial charge in [0.25, 0.3) is 5.91 Å². The average molecular weight is 607 g/mol. The number of benzene rings is 2. The van der Waals surface area contributed by atoms with Crippen LogP contribution >= 0.6 is 0 Å². The Labute approximate surface area is 256 Å². The van der Waals surface area contributed by atoms with Gasteiger partial charge in [-0.3, -0.25) is 19.7 Å². The van der Waals surface area contributed by atoms with Crippen LogP contribution in [0.2, 0.25) is 0 Å². The molecule has 44 heavy (non-hydrogen) atoms. The molecule has 2 aliphatic rings. The Morgan fingerprint density at radius 1 is 0.932 bits per heavy atom. The molecule has 224 valence electrons. The van der Waals surface area contributed by atoms with Gasteiger partial charge in [-0.2, -0.15) is 0 Å². The first-order valence-corrected chi connectivity index (χ1v) is 16.5. The number of anilines is 1. The van der Waals surface area contributed by atoms with Gasteiger partial charge < -0.3 is 10.6 Å². The Kier molecular flexibility index (Phi) is 7.26. The highest BCUT2D eigenvalue weighted by Crippen LogP contribution is 2.48. The number of carbonyl (C=O) groups is 1. The largest absolute Gasteiger partial charge is 0.378 e. The van der Waals surface area contributed by atoms with E-state index >= 15 is 0 Å². The third-order valence-corrected chi connectivity index (χ3v) is 9.91. The van der Waals surface area contributed by atoms with Crippen molar-refractivity contribution in [3.8, 4) is 0 Å². The molecule has 2 aromatic carbocycles. The number of nitrogens with zero attached hydrogens (tertiary/aromatic N) is 3. The minimum absolute atomic E-state index is 0.143. The van der Waals surface area contributed by atoms with Gasteiger partial charge in [-0.05, 0) is 72.7 Å². The summed E-state index contributed by atoms with van der Waals surface area (Å²) < 4.78 is 30.5. The van der Waals surface area contributed by atoms with Gasteiger partial charge in [0, 0.05) is 64.8 Å².